The summed E-state index contributed by atoms with van der Waals surface area (Å²) in [5.41, 5.74) is 1.70. The van der Waals surface area contributed by atoms with Crippen LogP contribution in [0.15, 0.2) is 64.2 Å². The Morgan fingerprint density at radius 1 is 0.964 bits per heavy atom. The van der Waals surface area contributed by atoms with Crippen molar-refractivity contribution in [1.29, 1.82) is 0 Å². The van der Waals surface area contributed by atoms with E-state index in [1.165, 1.54) is 23.9 Å². The van der Waals surface area contributed by atoms with Gasteiger partial charge in [0.2, 0.25) is 11.8 Å². The number of nitrogens with zero attached hydrogens (tertiary/aromatic N) is 5. The molecule has 0 amide bonds. The third-order valence-electron chi connectivity index (χ3n) is 4.23. The van der Waals surface area contributed by atoms with Gasteiger partial charge in [0.05, 0.1) is 5.25 Å². The Balaban J connectivity index is 1.55. The van der Waals surface area contributed by atoms with Crippen molar-refractivity contribution in [3.05, 3.63) is 66.3 Å². The molecule has 4 aromatic rings. The minimum atomic E-state index is -0.305. The molecule has 8 heteroatoms. The van der Waals surface area contributed by atoms with E-state index in [1.54, 1.807) is 12.1 Å². The van der Waals surface area contributed by atoms with Gasteiger partial charge in [0.25, 0.3) is 0 Å². The number of rotatable bonds is 6. The maximum Gasteiger partial charge on any atom is 0.247 e. The highest BCUT2D eigenvalue weighted by atomic mass is 32.2. The predicted octanol–water partition coefficient (Wildman–Crippen LogP) is 5.01. The number of benzene rings is 2. The van der Waals surface area contributed by atoms with Gasteiger partial charge in [0.15, 0.2) is 11.0 Å². The molecule has 0 N–H and O–H groups in total. The van der Waals surface area contributed by atoms with Crippen LogP contribution < -0.4 is 0 Å². The molecule has 2 aromatic carbocycles. The fraction of sp³-hybridized carbons (Fsp3) is 0.200. The zero-order valence-corrected chi connectivity index (χ0v) is 16.2. The third kappa shape index (κ3) is 3.68. The van der Waals surface area contributed by atoms with Gasteiger partial charge in [-0.3, -0.25) is 0 Å². The number of aromatic nitrogens is 5. The van der Waals surface area contributed by atoms with Gasteiger partial charge in [-0.1, -0.05) is 42.1 Å². The van der Waals surface area contributed by atoms with Gasteiger partial charge >= 0.3 is 0 Å². The van der Waals surface area contributed by atoms with Crippen LogP contribution in [0.5, 0.6) is 0 Å². The van der Waals surface area contributed by atoms with Crippen LogP contribution in [0, 0.1) is 5.82 Å². The Hall–Kier alpha value is -3.00. The van der Waals surface area contributed by atoms with Crippen molar-refractivity contribution in [3.8, 4) is 22.8 Å². The molecule has 0 aliphatic carbocycles. The van der Waals surface area contributed by atoms with Crippen LogP contribution in [0.2, 0.25) is 0 Å². The lowest BCUT2D eigenvalue weighted by Crippen LogP contribution is -2.01. The van der Waals surface area contributed by atoms with Crippen LogP contribution >= 0.6 is 11.8 Å². The number of halogens is 1. The number of thioether (sulfide) groups is 1. The average molecular weight is 395 g/mol. The maximum absolute atomic E-state index is 13.1. The topological polar surface area (TPSA) is 69.6 Å². The lowest BCUT2D eigenvalue weighted by Gasteiger charge is -2.09. The zero-order valence-electron chi connectivity index (χ0n) is 15.4. The van der Waals surface area contributed by atoms with E-state index in [4.69, 9.17) is 4.42 Å². The summed E-state index contributed by atoms with van der Waals surface area (Å²) in [6, 6.07) is 15.9. The van der Waals surface area contributed by atoms with Crippen molar-refractivity contribution >= 4 is 11.8 Å². The first-order valence-electron chi connectivity index (χ1n) is 8.90. The van der Waals surface area contributed by atoms with Crippen molar-refractivity contribution in [2.24, 2.45) is 0 Å². The molecule has 0 unspecified atom stereocenters. The van der Waals surface area contributed by atoms with Crippen LogP contribution in [0.4, 0.5) is 4.39 Å². The first-order chi connectivity index (χ1) is 13.7. The molecule has 0 aliphatic heterocycles. The van der Waals surface area contributed by atoms with Crippen molar-refractivity contribution in [3.63, 3.8) is 0 Å². The Kier molecular flexibility index (Phi) is 5.21. The molecule has 142 valence electrons. The fourth-order valence-electron chi connectivity index (χ4n) is 2.78. The largest absolute Gasteiger partial charge is 0.419 e. The quantitative estimate of drug-likeness (QED) is 0.428. The smallest absolute Gasteiger partial charge is 0.247 e. The molecule has 2 heterocycles. The van der Waals surface area contributed by atoms with Gasteiger partial charge in [0, 0.05) is 17.7 Å². The molecule has 28 heavy (non-hydrogen) atoms. The summed E-state index contributed by atoms with van der Waals surface area (Å²) >= 11 is 1.51. The molecule has 1 atom stereocenters. The number of hydrogen-bond acceptors (Lipinski definition) is 6. The van der Waals surface area contributed by atoms with Gasteiger partial charge in [-0.05, 0) is 38.1 Å². The first kappa shape index (κ1) is 18.4. The van der Waals surface area contributed by atoms with Gasteiger partial charge < -0.3 is 8.98 Å². The molecule has 0 saturated heterocycles. The highest BCUT2D eigenvalue weighted by Crippen LogP contribution is 2.35. The minimum Gasteiger partial charge on any atom is -0.419 e. The van der Waals surface area contributed by atoms with E-state index in [1.807, 2.05) is 37.3 Å². The molecule has 0 saturated carbocycles. The first-order valence-corrected chi connectivity index (χ1v) is 9.78. The van der Waals surface area contributed by atoms with Crippen LogP contribution in [0.1, 0.15) is 25.0 Å². The fourth-order valence-corrected chi connectivity index (χ4v) is 3.72. The van der Waals surface area contributed by atoms with E-state index in [2.05, 4.69) is 31.9 Å². The summed E-state index contributed by atoms with van der Waals surface area (Å²) < 4.78 is 20.9. The molecule has 6 nitrogen and oxygen atoms in total. The highest BCUT2D eigenvalue weighted by molar-refractivity contribution is 7.99. The zero-order chi connectivity index (χ0) is 19.5. The van der Waals surface area contributed by atoms with Crippen LogP contribution in [0.3, 0.4) is 0 Å². The molecule has 0 radical (unpaired) electrons. The second-order valence-electron chi connectivity index (χ2n) is 6.13. The van der Waals surface area contributed by atoms with Crippen molar-refractivity contribution in [1.82, 2.24) is 25.0 Å². The summed E-state index contributed by atoms with van der Waals surface area (Å²) in [4.78, 5) is 0. The monoisotopic (exact) mass is 395 g/mol. The molecule has 2 aromatic heterocycles. The van der Waals surface area contributed by atoms with Crippen molar-refractivity contribution in [2.75, 3.05) is 0 Å². The van der Waals surface area contributed by atoms with Crippen LogP contribution in [-0.4, -0.2) is 25.0 Å². The van der Waals surface area contributed by atoms with Crippen molar-refractivity contribution < 1.29 is 8.81 Å². The Morgan fingerprint density at radius 3 is 2.43 bits per heavy atom. The van der Waals surface area contributed by atoms with E-state index in [0.717, 1.165) is 23.1 Å². The van der Waals surface area contributed by atoms with Gasteiger partial charge in [-0.2, -0.15) is 0 Å². The van der Waals surface area contributed by atoms with Gasteiger partial charge in [-0.25, -0.2) is 4.39 Å². The molecular formula is C20H18FN5OS. The maximum atomic E-state index is 13.1. The summed E-state index contributed by atoms with van der Waals surface area (Å²) in [6.45, 7) is 4.78. The molecule has 0 aliphatic rings. The normalized spacial score (nSPS) is 12.2. The second kappa shape index (κ2) is 7.93. The molecular weight excluding hydrogens is 377 g/mol. The van der Waals surface area contributed by atoms with Crippen LogP contribution in [0.25, 0.3) is 22.8 Å². The minimum absolute atomic E-state index is 0.111. The van der Waals surface area contributed by atoms with Crippen molar-refractivity contribution in [2.45, 2.75) is 30.8 Å². The average Bonchev–Trinajstić information content (AvgIpc) is 3.36. The highest BCUT2D eigenvalue weighted by Gasteiger charge is 2.21. The van der Waals surface area contributed by atoms with Gasteiger partial charge in [0.1, 0.15) is 5.82 Å². The molecule has 4 rings (SSSR count). The third-order valence-corrected chi connectivity index (χ3v) is 5.29. The lowest BCUT2D eigenvalue weighted by atomic mass is 10.2. The summed E-state index contributed by atoms with van der Waals surface area (Å²) in [5.74, 6) is 1.37. The summed E-state index contributed by atoms with van der Waals surface area (Å²) in [6.07, 6.45) is 0. The number of hydrogen-bond donors (Lipinski definition) is 0. The standard InChI is InChI=1S/C20H18FN5OS/c1-3-26-17(14-7-5-4-6-8-14)22-25-20(26)28-13(2)18-23-24-19(27-18)15-9-11-16(21)12-10-15/h4-13H,3H2,1-2H3/t13-/m0/s1. The summed E-state index contributed by atoms with van der Waals surface area (Å²) in [7, 11) is 0. The van der Waals surface area contributed by atoms with E-state index in [0.29, 0.717) is 17.3 Å². The Morgan fingerprint density at radius 2 is 1.71 bits per heavy atom. The molecule has 0 spiro atoms. The van der Waals surface area contributed by atoms with E-state index in [-0.39, 0.29) is 11.1 Å². The SMILES string of the molecule is CCn1c(S[C@@H](C)c2nnc(-c3ccc(F)cc3)o2)nnc1-c1ccccc1. The molecule has 0 bridgehead atoms. The van der Waals surface area contributed by atoms with E-state index in [9.17, 15) is 4.39 Å². The summed E-state index contributed by atoms with van der Waals surface area (Å²) in [5, 5.41) is 17.6. The Bertz CT molecular complexity index is 1060. The lowest BCUT2D eigenvalue weighted by molar-refractivity contribution is 0.508. The Labute approximate surface area is 165 Å². The van der Waals surface area contributed by atoms with Crippen LogP contribution in [-0.2, 0) is 6.54 Å². The van der Waals surface area contributed by atoms with E-state index >= 15 is 0 Å². The van der Waals surface area contributed by atoms with E-state index < -0.39 is 0 Å². The molecule has 0 fully saturated rings. The second-order valence-corrected chi connectivity index (χ2v) is 7.44. The predicted molar refractivity (Wildman–Crippen MR) is 105 cm³/mol. The van der Waals surface area contributed by atoms with Gasteiger partial charge in [-0.15, -0.1) is 20.4 Å².